The summed E-state index contributed by atoms with van der Waals surface area (Å²) in [5, 5.41) is 3.37. The summed E-state index contributed by atoms with van der Waals surface area (Å²) in [5.74, 6) is -0.962. The lowest BCUT2D eigenvalue weighted by Crippen LogP contribution is -2.37. The number of esters is 1. The molecule has 0 aliphatic carbocycles. The Morgan fingerprint density at radius 3 is 2.46 bits per heavy atom. The largest absolute Gasteiger partial charge is 0.449 e. The van der Waals surface area contributed by atoms with Crippen molar-refractivity contribution in [2.75, 3.05) is 6.54 Å². The fourth-order valence-electron chi connectivity index (χ4n) is 2.95. The van der Waals surface area contributed by atoms with Gasteiger partial charge in [-0.15, -0.1) is 0 Å². The molecule has 2 N–H and O–H groups in total. The van der Waals surface area contributed by atoms with Crippen molar-refractivity contribution in [2.45, 2.75) is 25.9 Å². The minimum Gasteiger partial charge on any atom is -0.449 e. The average Bonchev–Trinajstić information content (AvgIpc) is 2.71. The first kappa shape index (κ1) is 19.4. The zero-order valence-electron chi connectivity index (χ0n) is 15.8. The van der Waals surface area contributed by atoms with Crippen LogP contribution in [-0.4, -0.2) is 29.5 Å². The van der Waals surface area contributed by atoms with Gasteiger partial charge in [-0.25, -0.2) is 4.79 Å². The summed E-state index contributed by atoms with van der Waals surface area (Å²) >= 11 is 0. The molecule has 1 aromatic heterocycles. The SMILES string of the molecule is C[C@H](CNC(=O)[C@@H](C)OC(=O)c1cc(=O)[nH]c2ccccc12)c1ccccc1. The highest BCUT2D eigenvalue weighted by Gasteiger charge is 2.21. The number of carbonyl (C=O) groups is 2. The Morgan fingerprint density at radius 1 is 1.04 bits per heavy atom. The summed E-state index contributed by atoms with van der Waals surface area (Å²) in [6.07, 6.45) is -0.978. The quantitative estimate of drug-likeness (QED) is 0.646. The van der Waals surface area contributed by atoms with Crippen LogP contribution in [0, 0.1) is 0 Å². The van der Waals surface area contributed by atoms with Gasteiger partial charge in [0.2, 0.25) is 5.56 Å². The number of fused-ring (bicyclic) bond motifs is 1. The van der Waals surface area contributed by atoms with Crippen molar-refractivity contribution in [1.82, 2.24) is 10.3 Å². The van der Waals surface area contributed by atoms with Gasteiger partial charge < -0.3 is 15.0 Å². The van der Waals surface area contributed by atoms with Gasteiger partial charge in [0.05, 0.1) is 5.56 Å². The maximum absolute atomic E-state index is 12.5. The van der Waals surface area contributed by atoms with Crippen LogP contribution in [0.1, 0.15) is 35.7 Å². The fraction of sp³-hybridized carbons (Fsp3) is 0.227. The van der Waals surface area contributed by atoms with Gasteiger partial charge in [-0.3, -0.25) is 9.59 Å². The third kappa shape index (κ3) is 4.46. The molecule has 28 heavy (non-hydrogen) atoms. The van der Waals surface area contributed by atoms with E-state index in [1.54, 1.807) is 24.3 Å². The number of aromatic nitrogens is 1. The molecule has 6 heteroatoms. The number of benzene rings is 2. The van der Waals surface area contributed by atoms with Crippen LogP contribution in [0.2, 0.25) is 0 Å². The number of para-hydroxylation sites is 1. The van der Waals surface area contributed by atoms with Crippen LogP contribution in [0.4, 0.5) is 0 Å². The van der Waals surface area contributed by atoms with Crippen molar-refractivity contribution in [3.05, 3.63) is 82.1 Å². The Kier molecular flexibility index (Phi) is 5.89. The maximum Gasteiger partial charge on any atom is 0.339 e. The van der Waals surface area contributed by atoms with E-state index >= 15 is 0 Å². The molecular formula is C22H22N2O4. The molecule has 1 amide bonds. The normalized spacial score (nSPS) is 12.9. The average molecular weight is 378 g/mol. The van der Waals surface area contributed by atoms with Gasteiger partial charge in [0.25, 0.3) is 5.91 Å². The molecule has 6 nitrogen and oxygen atoms in total. The highest BCUT2D eigenvalue weighted by Crippen LogP contribution is 2.16. The molecule has 3 rings (SSSR count). The number of ether oxygens (including phenoxy) is 1. The molecule has 0 aliphatic heterocycles. The van der Waals surface area contributed by atoms with Crippen molar-refractivity contribution >= 4 is 22.8 Å². The van der Waals surface area contributed by atoms with E-state index in [4.69, 9.17) is 4.74 Å². The number of hydrogen-bond acceptors (Lipinski definition) is 4. The van der Waals surface area contributed by atoms with Gasteiger partial charge in [-0.1, -0.05) is 55.5 Å². The molecule has 0 aliphatic rings. The Hall–Kier alpha value is -3.41. The van der Waals surface area contributed by atoms with E-state index in [-0.39, 0.29) is 17.4 Å². The Bertz CT molecular complexity index is 1040. The van der Waals surface area contributed by atoms with Gasteiger partial charge in [-0.2, -0.15) is 0 Å². The molecular weight excluding hydrogens is 356 g/mol. The third-order valence-electron chi connectivity index (χ3n) is 4.57. The molecule has 0 unspecified atom stereocenters. The predicted molar refractivity (Wildman–Crippen MR) is 107 cm³/mol. The predicted octanol–water partition coefficient (Wildman–Crippen LogP) is 2.99. The molecule has 3 aromatic rings. The van der Waals surface area contributed by atoms with Crippen LogP contribution >= 0.6 is 0 Å². The van der Waals surface area contributed by atoms with E-state index in [2.05, 4.69) is 10.3 Å². The Morgan fingerprint density at radius 2 is 1.71 bits per heavy atom. The van der Waals surface area contributed by atoms with Gasteiger partial charge in [0.15, 0.2) is 6.10 Å². The lowest BCUT2D eigenvalue weighted by atomic mass is 10.0. The molecule has 144 valence electrons. The molecule has 0 fully saturated rings. The summed E-state index contributed by atoms with van der Waals surface area (Å²) in [7, 11) is 0. The molecule has 0 saturated heterocycles. The smallest absolute Gasteiger partial charge is 0.339 e. The second kappa shape index (κ2) is 8.52. The lowest BCUT2D eigenvalue weighted by Gasteiger charge is -2.17. The van der Waals surface area contributed by atoms with Crippen LogP contribution in [0.25, 0.3) is 10.9 Å². The highest BCUT2D eigenvalue weighted by atomic mass is 16.5. The molecule has 0 spiro atoms. The number of aromatic amines is 1. The van der Waals surface area contributed by atoms with E-state index in [0.717, 1.165) is 5.56 Å². The number of amides is 1. The first-order valence-electron chi connectivity index (χ1n) is 9.11. The van der Waals surface area contributed by atoms with Crippen molar-refractivity contribution < 1.29 is 14.3 Å². The summed E-state index contributed by atoms with van der Waals surface area (Å²) in [5.41, 5.74) is 1.38. The van der Waals surface area contributed by atoms with Crippen LogP contribution in [0.5, 0.6) is 0 Å². The first-order valence-corrected chi connectivity index (χ1v) is 9.11. The number of H-pyrrole nitrogens is 1. The zero-order chi connectivity index (χ0) is 20.1. The number of nitrogens with one attached hydrogen (secondary N) is 2. The molecule has 2 atom stereocenters. The monoisotopic (exact) mass is 378 g/mol. The molecule has 2 aromatic carbocycles. The summed E-state index contributed by atoms with van der Waals surface area (Å²) < 4.78 is 5.30. The van der Waals surface area contributed by atoms with Gasteiger partial charge in [-0.05, 0) is 24.5 Å². The van der Waals surface area contributed by atoms with E-state index in [9.17, 15) is 14.4 Å². The van der Waals surface area contributed by atoms with Crippen LogP contribution in [0.15, 0.2) is 65.5 Å². The van der Waals surface area contributed by atoms with Gasteiger partial charge in [0, 0.05) is 23.5 Å². The Balaban J connectivity index is 1.64. The fourth-order valence-corrected chi connectivity index (χ4v) is 2.95. The van der Waals surface area contributed by atoms with E-state index in [1.165, 1.54) is 13.0 Å². The minimum absolute atomic E-state index is 0.129. The first-order chi connectivity index (χ1) is 13.5. The van der Waals surface area contributed by atoms with Gasteiger partial charge in [0.1, 0.15) is 0 Å². The summed E-state index contributed by atoms with van der Waals surface area (Å²) in [4.78, 5) is 39.3. The standard InChI is InChI=1S/C22H22N2O4/c1-14(16-8-4-3-5-9-16)13-23-21(26)15(2)28-22(27)18-12-20(25)24-19-11-7-6-10-17(18)19/h3-12,14-15H,13H2,1-2H3,(H,23,26)(H,24,25)/t14-,15-/m1/s1. The number of carbonyl (C=O) groups excluding carboxylic acids is 2. The third-order valence-corrected chi connectivity index (χ3v) is 4.57. The summed E-state index contributed by atoms with van der Waals surface area (Å²) in [6, 6.07) is 18.0. The van der Waals surface area contributed by atoms with Crippen LogP contribution < -0.4 is 10.9 Å². The van der Waals surface area contributed by atoms with Gasteiger partial charge >= 0.3 is 5.97 Å². The van der Waals surface area contributed by atoms with Crippen molar-refractivity contribution in [2.24, 2.45) is 0 Å². The lowest BCUT2D eigenvalue weighted by molar-refractivity contribution is -0.129. The topological polar surface area (TPSA) is 88.3 Å². The van der Waals surface area contributed by atoms with Crippen molar-refractivity contribution in [3.63, 3.8) is 0 Å². The number of hydrogen-bond donors (Lipinski definition) is 2. The van der Waals surface area contributed by atoms with Crippen molar-refractivity contribution in [1.29, 1.82) is 0 Å². The zero-order valence-corrected chi connectivity index (χ0v) is 15.8. The van der Waals surface area contributed by atoms with Crippen molar-refractivity contribution in [3.8, 4) is 0 Å². The van der Waals surface area contributed by atoms with Crippen LogP contribution in [0.3, 0.4) is 0 Å². The maximum atomic E-state index is 12.5. The Labute approximate surface area is 162 Å². The highest BCUT2D eigenvalue weighted by molar-refractivity contribution is 6.03. The number of rotatable bonds is 6. The molecule has 1 heterocycles. The van der Waals surface area contributed by atoms with Crippen LogP contribution in [-0.2, 0) is 9.53 Å². The number of pyridine rings is 1. The molecule has 0 bridgehead atoms. The van der Waals surface area contributed by atoms with E-state index in [1.807, 2.05) is 37.3 Å². The van der Waals surface area contributed by atoms with E-state index < -0.39 is 17.6 Å². The summed E-state index contributed by atoms with van der Waals surface area (Å²) in [6.45, 7) is 3.95. The second-order valence-corrected chi connectivity index (χ2v) is 6.70. The van der Waals surface area contributed by atoms with E-state index in [0.29, 0.717) is 17.4 Å². The molecule has 0 radical (unpaired) electrons. The minimum atomic E-state index is -0.978. The second-order valence-electron chi connectivity index (χ2n) is 6.70. The molecule has 0 saturated carbocycles.